The zero-order chi connectivity index (χ0) is 12.5. The van der Waals surface area contributed by atoms with Crippen molar-refractivity contribution in [1.82, 2.24) is 10.2 Å². The molecule has 0 fully saturated rings. The zero-order valence-electron chi connectivity index (χ0n) is 10.3. The van der Waals surface area contributed by atoms with Crippen LogP contribution in [0.15, 0.2) is 36.2 Å². The Hall–Kier alpha value is -1.30. The van der Waals surface area contributed by atoms with Gasteiger partial charge in [0.25, 0.3) is 0 Å². The van der Waals surface area contributed by atoms with Gasteiger partial charge >= 0.3 is 0 Å². The number of rotatable bonds is 2. The summed E-state index contributed by atoms with van der Waals surface area (Å²) in [5.41, 5.74) is 7.89. The number of hydrogen-bond acceptors (Lipinski definition) is 3. The van der Waals surface area contributed by atoms with E-state index in [1.165, 1.54) is 5.56 Å². The van der Waals surface area contributed by atoms with E-state index in [-0.39, 0.29) is 18.4 Å². The van der Waals surface area contributed by atoms with Crippen molar-refractivity contribution in [3.8, 4) is 5.75 Å². The predicted molar refractivity (Wildman–Crippen MR) is 80.4 cm³/mol. The minimum Gasteiger partial charge on any atom is -0.491 e. The summed E-state index contributed by atoms with van der Waals surface area (Å²) in [5.74, 6) is 0.967. The molecule has 6 heteroatoms. The molecule has 0 spiro atoms. The van der Waals surface area contributed by atoms with Crippen LogP contribution in [0.1, 0.15) is 5.56 Å². The van der Waals surface area contributed by atoms with Gasteiger partial charge in [-0.3, -0.25) is 0 Å². The second kappa shape index (κ2) is 5.77. The van der Waals surface area contributed by atoms with Crippen molar-refractivity contribution in [1.29, 1.82) is 0 Å². The number of halogens is 1. The fourth-order valence-corrected chi connectivity index (χ4v) is 2.72. The Morgan fingerprint density at radius 1 is 1.42 bits per heavy atom. The molecule has 0 unspecified atom stereocenters. The largest absolute Gasteiger partial charge is 0.491 e. The summed E-state index contributed by atoms with van der Waals surface area (Å²) in [7, 11) is 0. The summed E-state index contributed by atoms with van der Waals surface area (Å²) in [6.45, 7) is 1.06. The lowest BCUT2D eigenvalue weighted by Gasteiger charge is -2.34. The third-order valence-electron chi connectivity index (χ3n) is 3.27. The number of fused-ring (bicyclic) bond motifs is 1. The summed E-state index contributed by atoms with van der Waals surface area (Å²) >= 11 is 5.26. The van der Waals surface area contributed by atoms with Crippen LogP contribution in [0, 0.1) is 0 Å². The Bertz CT molecular complexity index is 520. The number of nitrogens with two attached hydrogens (primary N) is 1. The van der Waals surface area contributed by atoms with Gasteiger partial charge in [0, 0.05) is 13.0 Å². The van der Waals surface area contributed by atoms with Crippen LogP contribution < -0.4 is 15.8 Å². The molecule has 0 aromatic heterocycles. The van der Waals surface area contributed by atoms with Crippen molar-refractivity contribution in [3.63, 3.8) is 0 Å². The summed E-state index contributed by atoms with van der Waals surface area (Å²) in [6.07, 6.45) is 2.66. The fraction of sp³-hybridized carbons (Fsp3) is 0.308. The predicted octanol–water partition coefficient (Wildman–Crippen LogP) is 1.42. The number of ether oxygens (including phenoxy) is 1. The SMILES string of the molecule is Cl.NCC1=C[N]C(=S)N1[C@H]1COc2ccccc2C1. The minimum absolute atomic E-state index is 0. The molecule has 1 atom stereocenters. The molecule has 1 aromatic carbocycles. The summed E-state index contributed by atoms with van der Waals surface area (Å²) in [5, 5.41) is 4.75. The molecule has 0 bridgehead atoms. The fourth-order valence-electron chi connectivity index (χ4n) is 2.40. The molecule has 0 amide bonds. The van der Waals surface area contributed by atoms with Crippen LogP contribution >= 0.6 is 24.6 Å². The average molecular weight is 297 g/mol. The van der Waals surface area contributed by atoms with Gasteiger partial charge in [0.15, 0.2) is 5.11 Å². The third-order valence-corrected chi connectivity index (χ3v) is 3.58. The molecule has 19 heavy (non-hydrogen) atoms. The lowest BCUT2D eigenvalue weighted by molar-refractivity contribution is 0.197. The van der Waals surface area contributed by atoms with E-state index < -0.39 is 0 Å². The Balaban J connectivity index is 0.00000133. The van der Waals surface area contributed by atoms with Crippen molar-refractivity contribution in [2.24, 2.45) is 5.73 Å². The molecule has 0 saturated carbocycles. The van der Waals surface area contributed by atoms with Gasteiger partial charge in [-0.2, -0.15) is 0 Å². The van der Waals surface area contributed by atoms with Gasteiger partial charge in [-0.1, -0.05) is 18.2 Å². The highest BCUT2D eigenvalue weighted by Crippen LogP contribution is 2.28. The molecule has 1 radical (unpaired) electrons. The summed E-state index contributed by atoms with van der Waals surface area (Å²) in [6, 6.07) is 8.28. The molecule has 2 aliphatic heterocycles. The molecule has 2 aliphatic rings. The molecule has 2 N–H and O–H groups in total. The first-order valence-corrected chi connectivity index (χ1v) is 6.34. The zero-order valence-corrected chi connectivity index (χ0v) is 11.9. The first-order chi connectivity index (χ1) is 8.79. The maximum atomic E-state index is 5.78. The summed E-state index contributed by atoms with van der Waals surface area (Å²) in [4.78, 5) is 2.02. The van der Waals surface area contributed by atoms with Crippen molar-refractivity contribution in [3.05, 3.63) is 41.7 Å². The van der Waals surface area contributed by atoms with E-state index in [1.54, 1.807) is 6.20 Å². The molecule has 2 heterocycles. The van der Waals surface area contributed by atoms with E-state index in [2.05, 4.69) is 11.4 Å². The summed E-state index contributed by atoms with van der Waals surface area (Å²) < 4.78 is 5.78. The van der Waals surface area contributed by atoms with E-state index >= 15 is 0 Å². The first-order valence-electron chi connectivity index (χ1n) is 5.93. The Morgan fingerprint density at radius 2 is 2.21 bits per heavy atom. The number of benzene rings is 1. The van der Waals surface area contributed by atoms with Crippen LogP contribution in [0.25, 0.3) is 0 Å². The van der Waals surface area contributed by atoms with E-state index in [4.69, 9.17) is 22.7 Å². The van der Waals surface area contributed by atoms with Crippen molar-refractivity contribution in [2.45, 2.75) is 12.5 Å². The second-order valence-electron chi connectivity index (χ2n) is 4.38. The minimum atomic E-state index is 0. The Morgan fingerprint density at radius 3 is 3.00 bits per heavy atom. The molecule has 101 valence electrons. The number of para-hydroxylation sites is 1. The van der Waals surface area contributed by atoms with Gasteiger partial charge in [-0.15, -0.1) is 12.4 Å². The normalized spacial score (nSPS) is 20.9. The lowest BCUT2D eigenvalue weighted by atomic mass is 10.0. The van der Waals surface area contributed by atoms with E-state index in [9.17, 15) is 0 Å². The van der Waals surface area contributed by atoms with Crippen LogP contribution in [-0.2, 0) is 6.42 Å². The highest BCUT2D eigenvalue weighted by molar-refractivity contribution is 7.80. The maximum Gasteiger partial charge on any atom is 0.200 e. The Labute approximate surface area is 124 Å². The van der Waals surface area contributed by atoms with Crippen LogP contribution in [0.2, 0.25) is 0 Å². The second-order valence-corrected chi connectivity index (χ2v) is 4.75. The first kappa shape index (κ1) is 14.1. The van der Waals surface area contributed by atoms with Gasteiger partial charge in [-0.25, -0.2) is 5.32 Å². The van der Waals surface area contributed by atoms with Crippen LogP contribution in [0.5, 0.6) is 5.75 Å². The van der Waals surface area contributed by atoms with E-state index in [0.717, 1.165) is 17.9 Å². The topological polar surface area (TPSA) is 52.6 Å². The van der Waals surface area contributed by atoms with Crippen LogP contribution in [-0.4, -0.2) is 29.2 Å². The van der Waals surface area contributed by atoms with Crippen LogP contribution in [0.3, 0.4) is 0 Å². The molecular weight excluding hydrogens is 282 g/mol. The van der Waals surface area contributed by atoms with E-state index in [0.29, 0.717) is 18.3 Å². The molecule has 3 rings (SSSR count). The third kappa shape index (κ3) is 2.54. The van der Waals surface area contributed by atoms with Gasteiger partial charge in [0.1, 0.15) is 12.4 Å². The number of nitrogens with zero attached hydrogens (tertiary/aromatic N) is 2. The van der Waals surface area contributed by atoms with Gasteiger partial charge in [0.05, 0.1) is 17.9 Å². The van der Waals surface area contributed by atoms with Gasteiger partial charge in [-0.05, 0) is 23.8 Å². The maximum absolute atomic E-state index is 5.78. The van der Waals surface area contributed by atoms with Crippen molar-refractivity contribution >= 4 is 29.7 Å². The number of thiocarbonyl (C=S) groups is 1. The quantitative estimate of drug-likeness (QED) is 0.839. The average Bonchev–Trinajstić information content (AvgIpc) is 2.79. The molecular formula is C13H15ClN3OS. The van der Waals surface area contributed by atoms with Crippen LogP contribution in [0.4, 0.5) is 0 Å². The highest BCUT2D eigenvalue weighted by atomic mass is 35.5. The smallest absolute Gasteiger partial charge is 0.200 e. The van der Waals surface area contributed by atoms with Crippen molar-refractivity contribution in [2.75, 3.05) is 13.2 Å². The van der Waals surface area contributed by atoms with Gasteiger partial charge < -0.3 is 15.4 Å². The standard InChI is InChI=1S/C13H14N3OS.ClH/c14-6-11-7-15-13(18)16(11)10-5-9-3-1-2-4-12(9)17-8-10;/h1-4,7,10H,5-6,8,14H2;1H/t10-;/m1./s1. The molecule has 0 aliphatic carbocycles. The molecule has 0 saturated heterocycles. The highest BCUT2D eigenvalue weighted by Gasteiger charge is 2.32. The van der Waals surface area contributed by atoms with Crippen molar-refractivity contribution < 1.29 is 4.74 Å². The monoisotopic (exact) mass is 296 g/mol. The van der Waals surface area contributed by atoms with E-state index in [1.807, 2.05) is 23.1 Å². The molecule has 1 aromatic rings. The lowest BCUT2D eigenvalue weighted by Crippen LogP contribution is -2.45. The Kier molecular flexibility index (Phi) is 4.29. The van der Waals surface area contributed by atoms with Gasteiger partial charge in [0.2, 0.25) is 0 Å². The number of hydrogen-bond donors (Lipinski definition) is 1. The molecule has 4 nitrogen and oxygen atoms in total.